The Morgan fingerprint density at radius 3 is 2.50 bits per heavy atom. The number of nitrogens with two attached hydrogens (primary N) is 1. The number of amides is 1. The second kappa shape index (κ2) is 6.61. The summed E-state index contributed by atoms with van der Waals surface area (Å²) in [5, 5.41) is 3.58. The van der Waals surface area contributed by atoms with E-state index in [1.807, 2.05) is 30.3 Å². The number of carbonyl (C=O) groups excluding carboxylic acids is 1. The molecule has 0 fully saturated rings. The second-order valence-corrected chi connectivity index (χ2v) is 6.39. The minimum absolute atomic E-state index is 0.486. The van der Waals surface area contributed by atoms with Crippen molar-refractivity contribution in [3.63, 3.8) is 0 Å². The van der Waals surface area contributed by atoms with Gasteiger partial charge in [-0.2, -0.15) is 0 Å². The molecule has 0 saturated heterocycles. The minimum atomic E-state index is -0.700. The number of nitrogens with one attached hydrogen (secondary N) is 1. The molecule has 3 N–H and O–H groups in total. The third-order valence-corrected chi connectivity index (χ3v) is 4.02. The number of carbonyl (C=O) groups is 1. The van der Waals surface area contributed by atoms with Crippen molar-refractivity contribution in [2.24, 2.45) is 5.73 Å². The quantitative estimate of drug-likeness (QED) is 0.768. The van der Waals surface area contributed by atoms with E-state index in [0.717, 1.165) is 14.6 Å². The van der Waals surface area contributed by atoms with Crippen LogP contribution in [0.3, 0.4) is 0 Å². The van der Waals surface area contributed by atoms with Crippen molar-refractivity contribution < 1.29 is 4.79 Å². The van der Waals surface area contributed by atoms with Gasteiger partial charge >= 0.3 is 0 Å². The molecule has 2 aromatic rings. The molecule has 20 heavy (non-hydrogen) atoms. The second-order valence-electron chi connectivity index (χ2n) is 4.16. The number of halogens is 3. The van der Waals surface area contributed by atoms with Crippen LogP contribution in [0.15, 0.2) is 51.4 Å². The van der Waals surface area contributed by atoms with Crippen molar-refractivity contribution in [2.75, 3.05) is 5.32 Å². The molecule has 0 aliphatic rings. The highest BCUT2D eigenvalue weighted by molar-refractivity contribution is 9.10. The van der Waals surface area contributed by atoms with Crippen molar-refractivity contribution in [1.82, 2.24) is 0 Å². The van der Waals surface area contributed by atoms with E-state index in [4.69, 9.17) is 17.3 Å². The molecule has 0 saturated carbocycles. The lowest BCUT2D eigenvalue weighted by molar-refractivity contribution is -0.118. The molecule has 0 aromatic heterocycles. The van der Waals surface area contributed by atoms with Gasteiger partial charge in [-0.25, -0.2) is 0 Å². The molecule has 1 atom stereocenters. The summed E-state index contributed by atoms with van der Waals surface area (Å²) in [6.45, 7) is 0. The van der Waals surface area contributed by atoms with Gasteiger partial charge in [0, 0.05) is 25.2 Å². The van der Waals surface area contributed by atoms with Gasteiger partial charge in [0.1, 0.15) is 6.04 Å². The number of benzene rings is 2. The van der Waals surface area contributed by atoms with Gasteiger partial charge in [0.2, 0.25) is 5.91 Å². The van der Waals surface area contributed by atoms with Crippen molar-refractivity contribution in [3.8, 4) is 0 Å². The summed E-state index contributed by atoms with van der Waals surface area (Å²) in [6.07, 6.45) is 0. The van der Waals surface area contributed by atoms with Gasteiger partial charge in [0.25, 0.3) is 0 Å². The minimum Gasteiger partial charge on any atom is -0.370 e. The van der Waals surface area contributed by atoms with Crippen molar-refractivity contribution >= 4 is 55.1 Å². The maximum atomic E-state index is 11.7. The number of hydrogen-bond donors (Lipinski definition) is 2. The molecule has 0 spiro atoms. The van der Waals surface area contributed by atoms with Gasteiger partial charge in [0.05, 0.1) is 0 Å². The summed E-state index contributed by atoms with van der Waals surface area (Å²) >= 11 is 12.9. The molecule has 0 aliphatic carbocycles. The molecule has 0 heterocycles. The van der Waals surface area contributed by atoms with Gasteiger partial charge in [-0.05, 0) is 36.4 Å². The fourth-order valence-corrected chi connectivity index (χ4v) is 2.79. The first-order chi connectivity index (χ1) is 9.47. The van der Waals surface area contributed by atoms with Gasteiger partial charge in [-0.3, -0.25) is 4.79 Å². The highest BCUT2D eigenvalue weighted by atomic mass is 79.9. The highest BCUT2D eigenvalue weighted by Crippen LogP contribution is 2.29. The molecule has 1 unspecified atom stereocenters. The third kappa shape index (κ3) is 3.75. The standard InChI is InChI=1S/C14H11Br2ClN2O/c15-8-2-1-3-10(6-8)19-13(14(18)20)11-7-9(16)4-5-12(11)17/h1-7,13,19H,(H2,18,20). The normalized spacial score (nSPS) is 11.9. The fraction of sp³-hybridized carbons (Fsp3) is 0.0714. The predicted octanol–water partition coefficient (Wildman–Crippen LogP) is 4.50. The topological polar surface area (TPSA) is 55.1 Å². The molecular formula is C14H11Br2ClN2O. The molecule has 0 radical (unpaired) electrons. The van der Waals surface area contributed by atoms with E-state index in [-0.39, 0.29) is 0 Å². The van der Waals surface area contributed by atoms with Gasteiger partial charge in [-0.1, -0.05) is 49.5 Å². The molecule has 1 amide bonds. The average molecular weight is 419 g/mol. The maximum absolute atomic E-state index is 11.7. The van der Waals surface area contributed by atoms with Crippen LogP contribution in [0.4, 0.5) is 5.69 Å². The van der Waals surface area contributed by atoms with Crippen LogP contribution in [-0.4, -0.2) is 5.91 Å². The number of anilines is 1. The summed E-state index contributed by atoms with van der Waals surface area (Å²) in [5.41, 5.74) is 6.90. The lowest BCUT2D eigenvalue weighted by Crippen LogP contribution is -2.28. The predicted molar refractivity (Wildman–Crippen MR) is 88.9 cm³/mol. The summed E-state index contributed by atoms with van der Waals surface area (Å²) in [5.74, 6) is -0.495. The number of hydrogen-bond acceptors (Lipinski definition) is 2. The van der Waals surface area contributed by atoms with E-state index >= 15 is 0 Å². The maximum Gasteiger partial charge on any atom is 0.244 e. The number of rotatable bonds is 4. The molecule has 2 rings (SSSR count). The Hall–Kier alpha value is -1.04. The van der Waals surface area contributed by atoms with Gasteiger partial charge < -0.3 is 11.1 Å². The average Bonchev–Trinajstić information content (AvgIpc) is 2.39. The van der Waals surface area contributed by atoms with Crippen LogP contribution in [-0.2, 0) is 4.79 Å². The van der Waals surface area contributed by atoms with E-state index in [1.165, 1.54) is 0 Å². The van der Waals surface area contributed by atoms with Crippen LogP contribution in [0.2, 0.25) is 5.02 Å². The Morgan fingerprint density at radius 2 is 1.85 bits per heavy atom. The Morgan fingerprint density at radius 1 is 1.15 bits per heavy atom. The van der Waals surface area contributed by atoms with Gasteiger partial charge in [0.15, 0.2) is 0 Å². The summed E-state index contributed by atoms with van der Waals surface area (Å²) < 4.78 is 1.74. The zero-order valence-electron chi connectivity index (χ0n) is 10.2. The summed E-state index contributed by atoms with van der Waals surface area (Å²) in [4.78, 5) is 11.7. The third-order valence-electron chi connectivity index (χ3n) is 2.69. The Kier molecular flexibility index (Phi) is 5.07. The van der Waals surface area contributed by atoms with Crippen molar-refractivity contribution in [2.45, 2.75) is 6.04 Å². The molecular weight excluding hydrogens is 407 g/mol. The van der Waals surface area contributed by atoms with Crippen LogP contribution >= 0.6 is 43.5 Å². The Labute approximate surface area is 138 Å². The van der Waals surface area contributed by atoms with E-state index in [2.05, 4.69) is 37.2 Å². The van der Waals surface area contributed by atoms with Crippen LogP contribution in [0.25, 0.3) is 0 Å². The molecule has 0 aliphatic heterocycles. The van der Waals surface area contributed by atoms with Crippen molar-refractivity contribution in [3.05, 3.63) is 62.0 Å². The van der Waals surface area contributed by atoms with Crippen LogP contribution < -0.4 is 11.1 Å². The summed E-state index contributed by atoms with van der Waals surface area (Å²) in [7, 11) is 0. The van der Waals surface area contributed by atoms with Gasteiger partial charge in [-0.15, -0.1) is 0 Å². The summed E-state index contributed by atoms with van der Waals surface area (Å²) in [6, 6.07) is 12.1. The molecule has 104 valence electrons. The van der Waals surface area contributed by atoms with E-state index in [0.29, 0.717) is 10.6 Å². The van der Waals surface area contributed by atoms with Crippen LogP contribution in [0.5, 0.6) is 0 Å². The van der Waals surface area contributed by atoms with Crippen LogP contribution in [0, 0.1) is 0 Å². The zero-order valence-corrected chi connectivity index (χ0v) is 14.2. The van der Waals surface area contributed by atoms with E-state index in [9.17, 15) is 4.79 Å². The highest BCUT2D eigenvalue weighted by Gasteiger charge is 2.20. The lowest BCUT2D eigenvalue weighted by atomic mass is 10.1. The Balaban J connectivity index is 2.37. The monoisotopic (exact) mass is 416 g/mol. The largest absolute Gasteiger partial charge is 0.370 e. The smallest absolute Gasteiger partial charge is 0.244 e. The first-order valence-corrected chi connectivity index (χ1v) is 7.70. The SMILES string of the molecule is NC(=O)C(Nc1cccc(Br)c1)c1cc(Br)ccc1Cl. The first-order valence-electron chi connectivity index (χ1n) is 5.74. The van der Waals surface area contributed by atoms with Crippen LogP contribution in [0.1, 0.15) is 11.6 Å². The lowest BCUT2D eigenvalue weighted by Gasteiger charge is -2.19. The fourth-order valence-electron chi connectivity index (χ4n) is 1.78. The molecule has 2 aromatic carbocycles. The number of primary amides is 1. The molecule has 3 nitrogen and oxygen atoms in total. The Bertz CT molecular complexity index is 649. The molecule has 0 bridgehead atoms. The molecule has 6 heteroatoms. The van der Waals surface area contributed by atoms with E-state index in [1.54, 1.807) is 12.1 Å². The zero-order chi connectivity index (χ0) is 14.7. The van der Waals surface area contributed by atoms with Crippen molar-refractivity contribution in [1.29, 1.82) is 0 Å². The first kappa shape index (κ1) is 15.4. The van der Waals surface area contributed by atoms with E-state index < -0.39 is 11.9 Å².